The van der Waals surface area contributed by atoms with E-state index in [1.54, 1.807) is 26.0 Å². The molecule has 0 fully saturated rings. The standard InChI is InChI=1S/C14H19FN2O3/c1-3-14(2,12(18)19)9-17-13(20)16-8-10-4-6-11(15)7-5-10/h4-7H,3,8-9H2,1-2H3,(H,18,19)(H2,16,17,20). The number of carboxylic acid groups (broad SMARTS) is 1. The molecule has 1 unspecified atom stereocenters. The smallest absolute Gasteiger partial charge is 0.315 e. The fourth-order valence-electron chi connectivity index (χ4n) is 1.47. The van der Waals surface area contributed by atoms with E-state index >= 15 is 0 Å². The molecule has 1 atom stereocenters. The molecule has 0 aliphatic rings. The van der Waals surface area contributed by atoms with Crippen LogP contribution >= 0.6 is 0 Å². The Hall–Kier alpha value is -2.11. The number of hydrogen-bond acceptors (Lipinski definition) is 2. The van der Waals surface area contributed by atoms with Gasteiger partial charge in [-0.2, -0.15) is 0 Å². The van der Waals surface area contributed by atoms with Crippen molar-refractivity contribution in [1.82, 2.24) is 10.6 Å². The van der Waals surface area contributed by atoms with Crippen molar-refractivity contribution in [3.8, 4) is 0 Å². The van der Waals surface area contributed by atoms with Gasteiger partial charge in [-0.1, -0.05) is 19.1 Å². The van der Waals surface area contributed by atoms with E-state index in [-0.39, 0.29) is 18.9 Å². The highest BCUT2D eigenvalue weighted by molar-refractivity contribution is 5.77. The van der Waals surface area contributed by atoms with E-state index in [9.17, 15) is 14.0 Å². The number of aliphatic carboxylic acids is 1. The highest BCUT2D eigenvalue weighted by Crippen LogP contribution is 2.19. The Morgan fingerprint density at radius 3 is 2.35 bits per heavy atom. The fourth-order valence-corrected chi connectivity index (χ4v) is 1.47. The Morgan fingerprint density at radius 1 is 1.25 bits per heavy atom. The summed E-state index contributed by atoms with van der Waals surface area (Å²) >= 11 is 0. The molecule has 0 aromatic heterocycles. The first kappa shape index (κ1) is 15.9. The van der Waals surface area contributed by atoms with Gasteiger partial charge in [-0.05, 0) is 31.0 Å². The van der Waals surface area contributed by atoms with E-state index in [1.807, 2.05) is 0 Å². The maximum Gasteiger partial charge on any atom is 0.315 e. The molecule has 0 spiro atoms. The molecule has 6 heteroatoms. The van der Waals surface area contributed by atoms with E-state index in [0.29, 0.717) is 6.42 Å². The van der Waals surface area contributed by atoms with Crippen LogP contribution < -0.4 is 10.6 Å². The van der Waals surface area contributed by atoms with Crippen LogP contribution in [-0.4, -0.2) is 23.7 Å². The van der Waals surface area contributed by atoms with E-state index < -0.39 is 17.4 Å². The van der Waals surface area contributed by atoms with Gasteiger partial charge in [0.05, 0.1) is 5.41 Å². The lowest BCUT2D eigenvalue weighted by molar-refractivity contribution is -0.147. The van der Waals surface area contributed by atoms with Crippen LogP contribution in [0.2, 0.25) is 0 Å². The number of carbonyl (C=O) groups excluding carboxylic acids is 1. The Balaban J connectivity index is 2.41. The molecule has 0 saturated heterocycles. The van der Waals surface area contributed by atoms with Gasteiger partial charge < -0.3 is 15.7 Å². The largest absolute Gasteiger partial charge is 0.481 e. The third kappa shape index (κ3) is 4.53. The monoisotopic (exact) mass is 282 g/mol. The Labute approximate surface area is 117 Å². The first-order valence-corrected chi connectivity index (χ1v) is 6.37. The molecule has 1 aromatic carbocycles. The van der Waals surface area contributed by atoms with E-state index in [0.717, 1.165) is 5.56 Å². The number of carbonyl (C=O) groups is 2. The molecular formula is C14H19FN2O3. The van der Waals surface area contributed by atoms with Crippen molar-refractivity contribution < 1.29 is 19.1 Å². The number of rotatable bonds is 6. The summed E-state index contributed by atoms with van der Waals surface area (Å²) in [6.07, 6.45) is 0.417. The van der Waals surface area contributed by atoms with Gasteiger partial charge in [0.2, 0.25) is 0 Å². The molecule has 1 rings (SSSR count). The minimum Gasteiger partial charge on any atom is -0.481 e. The van der Waals surface area contributed by atoms with E-state index in [4.69, 9.17) is 5.11 Å². The lowest BCUT2D eigenvalue weighted by atomic mass is 9.88. The number of carboxylic acids is 1. The van der Waals surface area contributed by atoms with Crippen molar-refractivity contribution in [2.75, 3.05) is 6.54 Å². The summed E-state index contributed by atoms with van der Waals surface area (Å²) in [6, 6.07) is 5.32. The molecule has 1 aromatic rings. The van der Waals surface area contributed by atoms with Crippen LogP contribution in [0.4, 0.5) is 9.18 Å². The Morgan fingerprint density at radius 2 is 1.85 bits per heavy atom. The highest BCUT2D eigenvalue weighted by Gasteiger charge is 2.31. The average molecular weight is 282 g/mol. The molecule has 110 valence electrons. The molecule has 0 bridgehead atoms. The van der Waals surface area contributed by atoms with Crippen LogP contribution in [0.15, 0.2) is 24.3 Å². The molecule has 5 nitrogen and oxygen atoms in total. The summed E-state index contributed by atoms with van der Waals surface area (Å²) in [6.45, 7) is 3.64. The van der Waals surface area contributed by atoms with Crippen molar-refractivity contribution >= 4 is 12.0 Å². The number of nitrogens with one attached hydrogen (secondary N) is 2. The van der Waals surface area contributed by atoms with E-state index in [1.165, 1.54) is 12.1 Å². The minimum absolute atomic E-state index is 0.0497. The van der Waals surface area contributed by atoms with Gasteiger partial charge in [0.1, 0.15) is 5.82 Å². The quantitative estimate of drug-likeness (QED) is 0.748. The van der Waals surface area contributed by atoms with Crippen molar-refractivity contribution in [1.29, 1.82) is 0 Å². The maximum atomic E-state index is 12.7. The van der Waals surface area contributed by atoms with Crippen LogP contribution in [0.1, 0.15) is 25.8 Å². The van der Waals surface area contributed by atoms with Crippen molar-refractivity contribution in [3.63, 3.8) is 0 Å². The van der Waals surface area contributed by atoms with Crippen molar-refractivity contribution in [3.05, 3.63) is 35.6 Å². The fraction of sp³-hybridized carbons (Fsp3) is 0.429. The minimum atomic E-state index is -0.979. The van der Waals surface area contributed by atoms with Crippen LogP contribution in [0, 0.1) is 11.2 Å². The topological polar surface area (TPSA) is 78.4 Å². The molecule has 20 heavy (non-hydrogen) atoms. The summed E-state index contributed by atoms with van der Waals surface area (Å²) in [7, 11) is 0. The molecule has 0 radical (unpaired) electrons. The first-order valence-electron chi connectivity index (χ1n) is 6.37. The second-order valence-corrected chi connectivity index (χ2v) is 4.88. The summed E-state index contributed by atoms with van der Waals surface area (Å²) in [4.78, 5) is 22.6. The number of amides is 2. The zero-order valence-corrected chi connectivity index (χ0v) is 11.6. The van der Waals surface area contributed by atoms with Crippen molar-refractivity contribution in [2.45, 2.75) is 26.8 Å². The Kier molecular flexibility index (Phi) is 5.49. The predicted molar refractivity (Wildman–Crippen MR) is 72.7 cm³/mol. The van der Waals surface area contributed by atoms with E-state index in [2.05, 4.69) is 10.6 Å². The van der Waals surface area contributed by atoms with Gasteiger partial charge in [0.25, 0.3) is 0 Å². The molecule has 3 N–H and O–H groups in total. The first-order chi connectivity index (χ1) is 9.37. The normalized spacial score (nSPS) is 13.3. The summed E-state index contributed by atoms with van der Waals surface area (Å²) < 4.78 is 12.7. The van der Waals surface area contributed by atoms with Gasteiger partial charge in [-0.15, -0.1) is 0 Å². The summed E-state index contributed by atoms with van der Waals surface area (Å²) in [5, 5.41) is 14.2. The molecule has 0 saturated carbocycles. The summed E-state index contributed by atoms with van der Waals surface area (Å²) in [5.41, 5.74) is -0.217. The Bertz CT molecular complexity index is 476. The number of hydrogen-bond donors (Lipinski definition) is 3. The second kappa shape index (κ2) is 6.88. The third-order valence-electron chi connectivity index (χ3n) is 3.30. The zero-order valence-electron chi connectivity index (χ0n) is 11.6. The summed E-state index contributed by atoms with van der Waals surface area (Å²) in [5.74, 6) is -1.28. The molecule has 0 aliphatic carbocycles. The van der Waals surface area contributed by atoms with Crippen LogP contribution in [0.3, 0.4) is 0 Å². The van der Waals surface area contributed by atoms with Crippen LogP contribution in [0.5, 0.6) is 0 Å². The van der Waals surface area contributed by atoms with Gasteiger partial charge in [-0.3, -0.25) is 4.79 Å². The average Bonchev–Trinajstić information content (AvgIpc) is 2.43. The predicted octanol–water partition coefficient (Wildman–Crippen LogP) is 2.13. The lowest BCUT2D eigenvalue weighted by Crippen LogP contribution is -2.44. The molecule has 2 amide bonds. The van der Waals surface area contributed by atoms with Gasteiger partial charge in [-0.25, -0.2) is 9.18 Å². The van der Waals surface area contributed by atoms with Crippen LogP contribution in [-0.2, 0) is 11.3 Å². The van der Waals surface area contributed by atoms with Gasteiger partial charge in [0.15, 0.2) is 0 Å². The van der Waals surface area contributed by atoms with Gasteiger partial charge >= 0.3 is 12.0 Å². The maximum absolute atomic E-state index is 12.7. The molecule has 0 aliphatic heterocycles. The molecule has 0 heterocycles. The zero-order chi connectivity index (χ0) is 15.2. The SMILES string of the molecule is CCC(C)(CNC(=O)NCc1ccc(F)cc1)C(=O)O. The van der Waals surface area contributed by atoms with Crippen molar-refractivity contribution in [2.24, 2.45) is 5.41 Å². The van der Waals surface area contributed by atoms with Gasteiger partial charge in [0, 0.05) is 13.1 Å². The van der Waals surface area contributed by atoms with Crippen LogP contribution in [0.25, 0.3) is 0 Å². The number of urea groups is 1. The third-order valence-corrected chi connectivity index (χ3v) is 3.30. The number of halogens is 1. The number of benzene rings is 1. The second-order valence-electron chi connectivity index (χ2n) is 4.88. The molecular weight excluding hydrogens is 263 g/mol. The highest BCUT2D eigenvalue weighted by atomic mass is 19.1. The lowest BCUT2D eigenvalue weighted by Gasteiger charge is -2.23.